The summed E-state index contributed by atoms with van der Waals surface area (Å²) in [6.45, 7) is 0. The number of rotatable bonds is 5. The third kappa shape index (κ3) is 2.77. The maximum atomic E-state index is 9.78. The lowest BCUT2D eigenvalue weighted by atomic mass is 10.2. The Morgan fingerprint density at radius 3 is 1.57 bits per heavy atom. The molecule has 0 aliphatic carbocycles. The minimum absolute atomic E-state index is 0.119. The van der Waals surface area contributed by atoms with Gasteiger partial charge in [0, 0.05) is 17.8 Å². The second kappa shape index (κ2) is 6.95. The lowest BCUT2D eigenvalue weighted by Gasteiger charge is -2.36. The number of nitriles is 1. The summed E-state index contributed by atoms with van der Waals surface area (Å²) < 4.78 is 0. The quantitative estimate of drug-likeness (QED) is 0.602. The molecule has 0 atom stereocenters. The molecule has 0 saturated carbocycles. The van der Waals surface area contributed by atoms with Gasteiger partial charge in [0.25, 0.3) is 0 Å². The average molecular weight is 354 g/mol. The number of halogens is 2. The molecule has 0 aromatic heterocycles. The SMILES string of the molecule is N#CC(CCl)(CCl)P(=S)(c1ccccc1)c1ccccc1. The van der Waals surface area contributed by atoms with Crippen LogP contribution < -0.4 is 10.6 Å². The molecule has 1 nitrogen and oxygen atoms in total. The zero-order valence-electron chi connectivity index (χ0n) is 11.2. The number of alkyl halides is 2. The van der Waals surface area contributed by atoms with Gasteiger partial charge in [0.05, 0.1) is 6.07 Å². The Hall–Kier alpha value is -0.840. The van der Waals surface area contributed by atoms with Crippen molar-refractivity contribution in [3.8, 4) is 6.07 Å². The van der Waals surface area contributed by atoms with Gasteiger partial charge < -0.3 is 0 Å². The standard InChI is InChI=1S/C16H14Cl2NPS/c17-11-16(12-18,13-19)20(21,14-7-3-1-4-8-14)15-9-5-2-6-10-15/h1-10H,11-12H2. The van der Waals surface area contributed by atoms with Gasteiger partial charge in [-0.1, -0.05) is 72.5 Å². The fraction of sp³-hybridized carbons (Fsp3) is 0.188. The minimum Gasteiger partial charge on any atom is -0.197 e. The average Bonchev–Trinajstić information content (AvgIpc) is 2.58. The van der Waals surface area contributed by atoms with Crippen LogP contribution in [0.15, 0.2) is 60.7 Å². The Bertz CT molecular complexity index is 635. The van der Waals surface area contributed by atoms with Crippen LogP contribution in [0.1, 0.15) is 0 Å². The summed E-state index contributed by atoms with van der Waals surface area (Å²) in [5.74, 6) is 0.238. The van der Waals surface area contributed by atoms with Gasteiger partial charge in [-0.25, -0.2) is 0 Å². The summed E-state index contributed by atoms with van der Waals surface area (Å²) in [5, 5.41) is 10.8. The maximum absolute atomic E-state index is 9.78. The van der Waals surface area contributed by atoms with E-state index in [9.17, 15) is 5.26 Å². The molecule has 0 fully saturated rings. The molecule has 2 aromatic rings. The van der Waals surface area contributed by atoms with Gasteiger partial charge >= 0.3 is 0 Å². The topological polar surface area (TPSA) is 23.8 Å². The van der Waals surface area contributed by atoms with E-state index in [-0.39, 0.29) is 11.8 Å². The number of nitrogens with zero attached hydrogens (tertiary/aromatic N) is 1. The maximum Gasteiger partial charge on any atom is 0.120 e. The first-order valence-corrected chi connectivity index (χ1v) is 10.3. The zero-order valence-corrected chi connectivity index (χ0v) is 14.5. The van der Waals surface area contributed by atoms with Gasteiger partial charge in [-0.15, -0.1) is 23.2 Å². The number of benzene rings is 2. The van der Waals surface area contributed by atoms with Crippen LogP contribution in [0.4, 0.5) is 0 Å². The molecule has 0 spiro atoms. The Labute approximate surface area is 140 Å². The smallest absolute Gasteiger partial charge is 0.120 e. The Balaban J connectivity index is 2.79. The molecule has 0 aliphatic rings. The van der Waals surface area contributed by atoms with Gasteiger partial charge in [0.15, 0.2) is 0 Å². The summed E-state index contributed by atoms with van der Waals surface area (Å²) in [5.41, 5.74) is 0. The highest BCUT2D eigenvalue weighted by Crippen LogP contribution is 2.57. The van der Waals surface area contributed by atoms with Crippen LogP contribution in [0.25, 0.3) is 0 Å². The van der Waals surface area contributed by atoms with E-state index in [1.807, 2.05) is 60.7 Å². The first-order valence-electron chi connectivity index (χ1n) is 6.39. The number of hydrogen-bond donors (Lipinski definition) is 0. The molecule has 2 aromatic carbocycles. The van der Waals surface area contributed by atoms with Crippen molar-refractivity contribution in [3.05, 3.63) is 60.7 Å². The molecule has 0 unspecified atom stereocenters. The van der Waals surface area contributed by atoms with Crippen molar-refractivity contribution >= 4 is 51.7 Å². The van der Waals surface area contributed by atoms with E-state index in [0.717, 1.165) is 10.6 Å². The molecule has 0 radical (unpaired) electrons. The van der Waals surface area contributed by atoms with Gasteiger partial charge in [-0.05, 0) is 10.6 Å². The summed E-state index contributed by atoms with van der Waals surface area (Å²) in [7, 11) is 0. The first kappa shape index (κ1) is 16.5. The van der Waals surface area contributed by atoms with E-state index in [2.05, 4.69) is 6.07 Å². The predicted octanol–water partition coefficient (Wildman–Crippen LogP) is 3.86. The van der Waals surface area contributed by atoms with E-state index in [4.69, 9.17) is 35.0 Å². The molecule has 0 saturated heterocycles. The van der Waals surface area contributed by atoms with Crippen molar-refractivity contribution < 1.29 is 0 Å². The van der Waals surface area contributed by atoms with Crippen LogP contribution in [0.5, 0.6) is 0 Å². The highest BCUT2D eigenvalue weighted by Gasteiger charge is 2.45. The van der Waals surface area contributed by atoms with Crippen molar-refractivity contribution in [2.75, 3.05) is 11.8 Å². The second-order valence-electron chi connectivity index (χ2n) is 4.69. The van der Waals surface area contributed by atoms with Crippen LogP contribution in [0.2, 0.25) is 0 Å². The van der Waals surface area contributed by atoms with Crippen LogP contribution in [0, 0.1) is 11.3 Å². The van der Waals surface area contributed by atoms with Crippen LogP contribution >= 0.6 is 29.2 Å². The van der Waals surface area contributed by atoms with Crippen molar-refractivity contribution in [2.24, 2.45) is 0 Å². The van der Waals surface area contributed by atoms with Crippen LogP contribution in [-0.4, -0.2) is 16.9 Å². The predicted molar refractivity (Wildman–Crippen MR) is 96.2 cm³/mol. The Morgan fingerprint density at radius 1 is 0.905 bits per heavy atom. The Kier molecular flexibility index (Phi) is 5.47. The molecule has 21 heavy (non-hydrogen) atoms. The molecular formula is C16H14Cl2NPS. The fourth-order valence-corrected chi connectivity index (χ4v) is 8.35. The normalized spacial score (nSPS) is 11.9. The molecule has 0 N–H and O–H groups in total. The monoisotopic (exact) mass is 353 g/mol. The van der Waals surface area contributed by atoms with Gasteiger partial charge in [0.1, 0.15) is 5.16 Å². The lowest BCUT2D eigenvalue weighted by Crippen LogP contribution is -2.40. The largest absolute Gasteiger partial charge is 0.197 e. The van der Waals surface area contributed by atoms with E-state index in [0.29, 0.717) is 0 Å². The summed E-state index contributed by atoms with van der Waals surface area (Å²) in [6.07, 6.45) is 0. The van der Waals surface area contributed by atoms with E-state index in [1.165, 1.54) is 0 Å². The molecular weight excluding hydrogens is 340 g/mol. The van der Waals surface area contributed by atoms with E-state index < -0.39 is 11.2 Å². The van der Waals surface area contributed by atoms with Crippen molar-refractivity contribution in [3.63, 3.8) is 0 Å². The second-order valence-corrected chi connectivity index (χ2v) is 9.98. The van der Waals surface area contributed by atoms with Gasteiger partial charge in [0.2, 0.25) is 0 Å². The highest BCUT2D eigenvalue weighted by atomic mass is 35.5. The van der Waals surface area contributed by atoms with E-state index >= 15 is 0 Å². The molecule has 0 bridgehead atoms. The van der Waals surface area contributed by atoms with Crippen LogP contribution in [-0.2, 0) is 11.8 Å². The fourth-order valence-electron chi connectivity index (χ4n) is 2.25. The Morgan fingerprint density at radius 2 is 1.29 bits per heavy atom. The lowest BCUT2D eigenvalue weighted by molar-refractivity contribution is 0.920. The molecule has 0 aliphatic heterocycles. The van der Waals surface area contributed by atoms with Crippen molar-refractivity contribution in [1.29, 1.82) is 5.26 Å². The third-order valence-corrected chi connectivity index (χ3v) is 10.8. The third-order valence-electron chi connectivity index (χ3n) is 3.49. The molecule has 0 amide bonds. The molecule has 5 heteroatoms. The van der Waals surface area contributed by atoms with Gasteiger partial charge in [-0.2, -0.15) is 5.26 Å². The molecule has 108 valence electrons. The van der Waals surface area contributed by atoms with Crippen LogP contribution in [0.3, 0.4) is 0 Å². The van der Waals surface area contributed by atoms with Crippen molar-refractivity contribution in [1.82, 2.24) is 0 Å². The zero-order chi connectivity index (χ0) is 15.3. The summed E-state index contributed by atoms with van der Waals surface area (Å²) >= 11 is 18.4. The highest BCUT2D eigenvalue weighted by molar-refractivity contribution is 8.22. The minimum atomic E-state index is -2.46. The van der Waals surface area contributed by atoms with E-state index in [1.54, 1.807) is 0 Å². The molecule has 0 heterocycles. The number of hydrogen-bond acceptors (Lipinski definition) is 2. The summed E-state index contributed by atoms with van der Waals surface area (Å²) in [4.78, 5) is 0. The van der Waals surface area contributed by atoms with Crippen molar-refractivity contribution in [2.45, 2.75) is 5.16 Å². The van der Waals surface area contributed by atoms with Gasteiger partial charge in [-0.3, -0.25) is 0 Å². The summed E-state index contributed by atoms with van der Waals surface area (Å²) in [6, 6.07) is 19.4. The molecule has 2 rings (SSSR count). The first-order chi connectivity index (χ1) is 10.1.